The van der Waals surface area contributed by atoms with Crippen LogP contribution in [0.1, 0.15) is 43.7 Å². The topological polar surface area (TPSA) is 102 Å². The van der Waals surface area contributed by atoms with Crippen molar-refractivity contribution in [1.29, 1.82) is 0 Å². The van der Waals surface area contributed by atoms with E-state index < -0.39 is 17.2 Å². The van der Waals surface area contributed by atoms with E-state index in [1.54, 1.807) is 6.07 Å². The van der Waals surface area contributed by atoms with Gasteiger partial charge in [-0.25, -0.2) is 9.36 Å². The maximum Gasteiger partial charge on any atom is 0.333 e. The summed E-state index contributed by atoms with van der Waals surface area (Å²) in [6.07, 6.45) is 3.74. The summed E-state index contributed by atoms with van der Waals surface area (Å²) < 4.78 is 2.42. The minimum absolute atomic E-state index is 0.194. The molecule has 1 saturated heterocycles. The minimum atomic E-state index is -0.546. The van der Waals surface area contributed by atoms with Crippen molar-refractivity contribution in [3.63, 3.8) is 0 Å². The Morgan fingerprint density at radius 2 is 1.77 bits per heavy atom. The lowest BCUT2D eigenvalue weighted by atomic mass is 10.1. The van der Waals surface area contributed by atoms with Gasteiger partial charge in [-0.05, 0) is 62.8 Å². The molecular formula is C22H31N5O3. The molecule has 8 nitrogen and oxygen atoms in total. The maximum atomic E-state index is 13.2. The summed E-state index contributed by atoms with van der Waals surface area (Å²) in [7, 11) is 0. The number of hydrogen-bond donors (Lipinski definition) is 2. The van der Waals surface area contributed by atoms with Gasteiger partial charge in [0.05, 0.1) is 0 Å². The summed E-state index contributed by atoms with van der Waals surface area (Å²) in [5.41, 5.74) is 8.36. The van der Waals surface area contributed by atoms with Crippen molar-refractivity contribution >= 4 is 23.1 Å². The molecule has 3 N–H and O–H groups in total. The number of aromatic nitrogens is 2. The van der Waals surface area contributed by atoms with Crippen LogP contribution in [0.3, 0.4) is 0 Å². The average molecular weight is 414 g/mol. The zero-order chi connectivity index (χ0) is 21.8. The van der Waals surface area contributed by atoms with Crippen LogP contribution >= 0.6 is 0 Å². The van der Waals surface area contributed by atoms with Gasteiger partial charge in [0, 0.05) is 25.3 Å². The van der Waals surface area contributed by atoms with Crippen LogP contribution in [0.5, 0.6) is 0 Å². The maximum absolute atomic E-state index is 13.2. The molecule has 0 bridgehead atoms. The predicted molar refractivity (Wildman–Crippen MR) is 120 cm³/mol. The monoisotopic (exact) mass is 413 g/mol. The van der Waals surface area contributed by atoms with E-state index in [-0.39, 0.29) is 12.4 Å². The molecular weight excluding hydrogens is 382 g/mol. The smallest absolute Gasteiger partial charge is 0.333 e. The summed E-state index contributed by atoms with van der Waals surface area (Å²) >= 11 is 0. The van der Waals surface area contributed by atoms with Crippen LogP contribution in [0.25, 0.3) is 0 Å². The molecule has 2 heterocycles. The molecule has 3 rings (SSSR count). The lowest BCUT2D eigenvalue weighted by Crippen LogP contribution is -2.47. The number of hydrogen-bond acceptors (Lipinski definition) is 5. The van der Waals surface area contributed by atoms with E-state index in [0.29, 0.717) is 24.3 Å². The molecule has 1 aliphatic rings. The van der Waals surface area contributed by atoms with Gasteiger partial charge in [0.2, 0.25) is 5.91 Å². The van der Waals surface area contributed by atoms with Gasteiger partial charge in [0.1, 0.15) is 18.1 Å². The van der Waals surface area contributed by atoms with Crippen LogP contribution in [0.2, 0.25) is 0 Å². The number of rotatable bonds is 6. The SMILES string of the molecule is CCCn1c(N)c(N2CCCCC2)c(=O)n(CC(=O)Nc2ccc(C)c(C)c2)c1=O. The second-order valence-electron chi connectivity index (χ2n) is 7.95. The number of carbonyl (C=O) groups excluding carboxylic acids is 1. The first-order chi connectivity index (χ1) is 14.3. The van der Waals surface area contributed by atoms with Crippen molar-refractivity contribution in [2.75, 3.05) is 29.0 Å². The van der Waals surface area contributed by atoms with E-state index in [1.165, 1.54) is 4.57 Å². The Labute approximate surface area is 176 Å². The third-order valence-electron chi connectivity index (χ3n) is 5.65. The number of anilines is 3. The van der Waals surface area contributed by atoms with Crippen LogP contribution in [-0.2, 0) is 17.9 Å². The van der Waals surface area contributed by atoms with Gasteiger partial charge in [-0.15, -0.1) is 0 Å². The third-order valence-corrected chi connectivity index (χ3v) is 5.65. The molecule has 1 fully saturated rings. The van der Waals surface area contributed by atoms with Crippen LogP contribution in [0, 0.1) is 13.8 Å². The Balaban J connectivity index is 1.97. The summed E-state index contributed by atoms with van der Waals surface area (Å²) in [5, 5.41) is 2.79. The molecule has 2 aromatic rings. The van der Waals surface area contributed by atoms with E-state index in [1.807, 2.05) is 37.8 Å². The Morgan fingerprint density at radius 1 is 1.07 bits per heavy atom. The first kappa shape index (κ1) is 21.7. The molecule has 1 amide bonds. The Kier molecular flexibility index (Phi) is 6.64. The number of benzene rings is 1. The standard InChI is InChI=1S/C22H31N5O3/c1-4-10-26-20(23)19(25-11-6-5-7-12-25)21(29)27(22(26)30)14-18(28)24-17-9-8-15(2)16(3)13-17/h8-9,13H,4-7,10-12,14,23H2,1-3H3,(H,24,28). The first-order valence-electron chi connectivity index (χ1n) is 10.6. The van der Waals surface area contributed by atoms with Crippen molar-refractivity contribution in [3.8, 4) is 0 Å². The number of nitrogens with zero attached hydrogens (tertiary/aromatic N) is 3. The first-order valence-corrected chi connectivity index (χ1v) is 10.6. The van der Waals surface area contributed by atoms with Crippen LogP contribution in [0.4, 0.5) is 17.2 Å². The van der Waals surface area contributed by atoms with Crippen LogP contribution in [-0.4, -0.2) is 28.1 Å². The molecule has 1 aliphatic heterocycles. The predicted octanol–water partition coefficient (Wildman–Crippen LogP) is 2.25. The highest BCUT2D eigenvalue weighted by Crippen LogP contribution is 2.22. The minimum Gasteiger partial charge on any atom is -0.383 e. The van der Waals surface area contributed by atoms with Crippen LogP contribution in [0.15, 0.2) is 27.8 Å². The molecule has 1 aromatic carbocycles. The average Bonchev–Trinajstić information content (AvgIpc) is 2.72. The normalized spacial score (nSPS) is 14.0. The van der Waals surface area contributed by atoms with E-state index in [4.69, 9.17) is 5.73 Å². The number of nitrogen functional groups attached to an aromatic ring is 1. The molecule has 0 unspecified atom stereocenters. The molecule has 0 spiro atoms. The number of carbonyl (C=O) groups is 1. The number of piperidine rings is 1. The van der Waals surface area contributed by atoms with Gasteiger partial charge in [-0.3, -0.25) is 14.2 Å². The molecule has 162 valence electrons. The summed E-state index contributed by atoms with van der Waals surface area (Å²) in [5.74, 6) is -0.227. The highest BCUT2D eigenvalue weighted by molar-refractivity contribution is 5.90. The van der Waals surface area contributed by atoms with Gasteiger partial charge < -0.3 is 16.0 Å². The van der Waals surface area contributed by atoms with E-state index in [0.717, 1.165) is 48.0 Å². The Bertz CT molecular complexity index is 1050. The third kappa shape index (κ3) is 4.42. The number of aryl methyl sites for hydroxylation is 2. The van der Waals surface area contributed by atoms with E-state index in [9.17, 15) is 14.4 Å². The molecule has 1 aromatic heterocycles. The Hall–Kier alpha value is -3.03. The summed E-state index contributed by atoms with van der Waals surface area (Å²) in [6.45, 7) is 7.38. The highest BCUT2D eigenvalue weighted by atomic mass is 16.2. The fourth-order valence-corrected chi connectivity index (χ4v) is 3.86. The molecule has 0 radical (unpaired) electrons. The van der Waals surface area contributed by atoms with Crippen molar-refractivity contribution in [1.82, 2.24) is 9.13 Å². The highest BCUT2D eigenvalue weighted by Gasteiger charge is 2.24. The summed E-state index contributed by atoms with van der Waals surface area (Å²) in [4.78, 5) is 40.8. The lowest BCUT2D eigenvalue weighted by molar-refractivity contribution is -0.116. The second kappa shape index (κ2) is 9.19. The number of nitrogens with one attached hydrogen (secondary N) is 1. The molecule has 0 aliphatic carbocycles. The van der Waals surface area contributed by atoms with Crippen molar-refractivity contribution in [2.45, 2.75) is 59.5 Å². The lowest BCUT2D eigenvalue weighted by Gasteiger charge is -2.30. The fourth-order valence-electron chi connectivity index (χ4n) is 3.86. The van der Waals surface area contributed by atoms with Crippen molar-refractivity contribution in [2.24, 2.45) is 0 Å². The van der Waals surface area contributed by atoms with Gasteiger partial charge in [-0.2, -0.15) is 0 Å². The van der Waals surface area contributed by atoms with Gasteiger partial charge in [0.15, 0.2) is 0 Å². The van der Waals surface area contributed by atoms with Crippen molar-refractivity contribution < 1.29 is 4.79 Å². The molecule has 0 saturated carbocycles. The van der Waals surface area contributed by atoms with Gasteiger partial charge >= 0.3 is 5.69 Å². The zero-order valence-corrected chi connectivity index (χ0v) is 18.0. The van der Waals surface area contributed by atoms with E-state index >= 15 is 0 Å². The van der Waals surface area contributed by atoms with Crippen molar-refractivity contribution in [3.05, 3.63) is 50.2 Å². The van der Waals surface area contributed by atoms with Gasteiger partial charge in [0.25, 0.3) is 5.56 Å². The number of amides is 1. The van der Waals surface area contributed by atoms with Gasteiger partial charge in [-0.1, -0.05) is 13.0 Å². The number of nitrogens with two attached hydrogens (primary N) is 1. The molecule has 30 heavy (non-hydrogen) atoms. The van der Waals surface area contributed by atoms with E-state index in [2.05, 4.69) is 5.32 Å². The largest absolute Gasteiger partial charge is 0.383 e. The molecule has 0 atom stereocenters. The molecule has 8 heteroatoms. The quantitative estimate of drug-likeness (QED) is 0.756. The second-order valence-corrected chi connectivity index (χ2v) is 7.95. The summed E-state index contributed by atoms with van der Waals surface area (Å²) in [6, 6.07) is 5.59. The fraction of sp³-hybridized carbons (Fsp3) is 0.500. The Morgan fingerprint density at radius 3 is 2.40 bits per heavy atom. The zero-order valence-electron chi connectivity index (χ0n) is 18.0. The van der Waals surface area contributed by atoms with Crippen LogP contribution < -0.4 is 27.2 Å².